The third-order valence-electron chi connectivity index (χ3n) is 5.97. The number of hydrazone groups is 1. The predicted molar refractivity (Wildman–Crippen MR) is 116 cm³/mol. The van der Waals surface area contributed by atoms with Gasteiger partial charge in [-0.3, -0.25) is 9.59 Å². The maximum Gasteiger partial charge on any atom is 0.270 e. The number of carbonyl (C=O) groups is 2. The van der Waals surface area contributed by atoms with Crippen LogP contribution in [0.2, 0.25) is 0 Å². The first-order chi connectivity index (χ1) is 15.2. The second-order valence-corrected chi connectivity index (χ2v) is 8.07. The zero-order chi connectivity index (χ0) is 21.2. The Morgan fingerprint density at radius 2 is 1.74 bits per heavy atom. The first kappa shape index (κ1) is 19.5. The molecule has 1 aromatic heterocycles. The number of aromatic nitrogens is 1. The fraction of sp³-hybridized carbons (Fsp3) is 0.333. The maximum absolute atomic E-state index is 13.1. The number of amides is 2. The van der Waals surface area contributed by atoms with Crippen LogP contribution in [0.5, 0.6) is 0 Å². The molecular weight excluding hydrogens is 392 g/mol. The number of nitrogens with zero attached hydrogens (tertiary/aromatic N) is 4. The molecule has 158 valence electrons. The summed E-state index contributed by atoms with van der Waals surface area (Å²) in [6.07, 6.45) is 2.32. The molecule has 0 bridgehead atoms. The van der Waals surface area contributed by atoms with Crippen molar-refractivity contribution in [2.45, 2.75) is 38.1 Å². The third kappa shape index (κ3) is 4.08. The highest BCUT2D eigenvalue weighted by Crippen LogP contribution is 2.30. The molecule has 0 aliphatic carbocycles. The van der Waals surface area contributed by atoms with Gasteiger partial charge in [-0.2, -0.15) is 5.10 Å². The van der Waals surface area contributed by atoms with Crippen LogP contribution >= 0.6 is 0 Å². The van der Waals surface area contributed by atoms with Crippen LogP contribution in [0.25, 0.3) is 11.1 Å². The Kier molecular flexibility index (Phi) is 5.24. The van der Waals surface area contributed by atoms with Crippen LogP contribution in [0.1, 0.15) is 43.1 Å². The molecule has 0 atom stereocenters. The topological polar surface area (TPSA) is 79.0 Å². The van der Waals surface area contributed by atoms with E-state index in [1.807, 2.05) is 59.5 Å². The van der Waals surface area contributed by atoms with Crippen LogP contribution in [0.15, 0.2) is 64.1 Å². The van der Waals surface area contributed by atoms with E-state index in [0.29, 0.717) is 38.2 Å². The minimum Gasteiger partial charge on any atom is -0.440 e. The smallest absolute Gasteiger partial charge is 0.270 e. The van der Waals surface area contributed by atoms with E-state index in [2.05, 4.69) is 10.1 Å². The van der Waals surface area contributed by atoms with Gasteiger partial charge < -0.3 is 9.32 Å². The van der Waals surface area contributed by atoms with E-state index in [-0.39, 0.29) is 17.7 Å². The second kappa shape index (κ2) is 8.34. The lowest BCUT2D eigenvalue weighted by Gasteiger charge is -2.32. The summed E-state index contributed by atoms with van der Waals surface area (Å²) in [5.41, 5.74) is 3.13. The fourth-order valence-corrected chi connectivity index (χ4v) is 4.21. The lowest BCUT2D eigenvalue weighted by Crippen LogP contribution is -2.44. The van der Waals surface area contributed by atoms with Crippen molar-refractivity contribution in [1.82, 2.24) is 14.9 Å². The van der Waals surface area contributed by atoms with Gasteiger partial charge in [0.1, 0.15) is 11.2 Å². The molecule has 3 heterocycles. The highest BCUT2D eigenvalue weighted by molar-refractivity contribution is 6.39. The summed E-state index contributed by atoms with van der Waals surface area (Å²) < 4.78 is 5.92. The molecule has 7 heteroatoms. The Morgan fingerprint density at radius 3 is 2.52 bits per heavy atom. The van der Waals surface area contributed by atoms with Gasteiger partial charge in [0, 0.05) is 31.8 Å². The predicted octanol–water partition coefficient (Wildman–Crippen LogP) is 3.71. The third-order valence-corrected chi connectivity index (χ3v) is 5.97. The van der Waals surface area contributed by atoms with Crippen molar-refractivity contribution in [3.05, 3.63) is 66.1 Å². The molecule has 31 heavy (non-hydrogen) atoms. The number of hydrogen-bond acceptors (Lipinski definition) is 5. The van der Waals surface area contributed by atoms with E-state index >= 15 is 0 Å². The molecule has 2 aliphatic rings. The van der Waals surface area contributed by atoms with E-state index in [4.69, 9.17) is 4.42 Å². The maximum atomic E-state index is 13.1. The molecule has 1 fully saturated rings. The number of oxazole rings is 1. The molecule has 7 nitrogen and oxygen atoms in total. The first-order valence-corrected chi connectivity index (χ1v) is 10.7. The van der Waals surface area contributed by atoms with Gasteiger partial charge in [0.15, 0.2) is 11.5 Å². The molecule has 0 radical (unpaired) electrons. The van der Waals surface area contributed by atoms with Gasteiger partial charge in [0.2, 0.25) is 5.91 Å². The highest BCUT2D eigenvalue weighted by atomic mass is 16.3. The van der Waals surface area contributed by atoms with Gasteiger partial charge in [0.25, 0.3) is 5.91 Å². The zero-order valence-corrected chi connectivity index (χ0v) is 17.2. The van der Waals surface area contributed by atoms with E-state index in [1.165, 1.54) is 5.01 Å². The van der Waals surface area contributed by atoms with Crippen molar-refractivity contribution >= 4 is 28.6 Å². The fourth-order valence-electron chi connectivity index (χ4n) is 4.21. The number of fused-ring (bicyclic) bond motifs is 1. The Bertz CT molecular complexity index is 1100. The summed E-state index contributed by atoms with van der Waals surface area (Å²) >= 11 is 0. The largest absolute Gasteiger partial charge is 0.440 e. The first-order valence-electron chi connectivity index (χ1n) is 10.7. The lowest BCUT2D eigenvalue weighted by atomic mass is 9.96. The van der Waals surface area contributed by atoms with Gasteiger partial charge in [-0.05, 0) is 30.5 Å². The minimum atomic E-state index is -0.0680. The van der Waals surface area contributed by atoms with Crippen LogP contribution in [0.4, 0.5) is 0 Å². The average Bonchev–Trinajstić information content (AvgIpc) is 3.25. The Labute approximate surface area is 180 Å². The van der Waals surface area contributed by atoms with Gasteiger partial charge in [-0.25, -0.2) is 9.99 Å². The van der Waals surface area contributed by atoms with E-state index in [1.54, 1.807) is 0 Å². The quantitative estimate of drug-likeness (QED) is 0.649. The lowest BCUT2D eigenvalue weighted by molar-refractivity contribution is -0.132. The van der Waals surface area contributed by atoms with E-state index in [9.17, 15) is 9.59 Å². The summed E-state index contributed by atoms with van der Waals surface area (Å²) in [7, 11) is 0. The second-order valence-electron chi connectivity index (χ2n) is 8.07. The van der Waals surface area contributed by atoms with Gasteiger partial charge >= 0.3 is 0 Å². The van der Waals surface area contributed by atoms with Crippen molar-refractivity contribution in [2.24, 2.45) is 5.10 Å². The Balaban J connectivity index is 1.24. The molecule has 0 spiro atoms. The molecular formula is C24H24N4O3. The highest BCUT2D eigenvalue weighted by Gasteiger charge is 2.31. The molecule has 2 amide bonds. The summed E-state index contributed by atoms with van der Waals surface area (Å²) in [5.74, 6) is 0.848. The molecule has 3 aromatic rings. The summed E-state index contributed by atoms with van der Waals surface area (Å²) in [6.45, 7) is 1.65. The minimum absolute atomic E-state index is 0.0462. The monoisotopic (exact) mass is 416 g/mol. The van der Waals surface area contributed by atoms with Gasteiger partial charge in [-0.15, -0.1) is 0 Å². The molecule has 0 saturated carbocycles. The van der Waals surface area contributed by atoms with Gasteiger partial charge in [0.05, 0.1) is 6.54 Å². The Morgan fingerprint density at radius 1 is 1.00 bits per heavy atom. The number of piperidine rings is 1. The van der Waals surface area contributed by atoms with E-state index in [0.717, 1.165) is 35.4 Å². The van der Waals surface area contributed by atoms with Crippen molar-refractivity contribution in [3.8, 4) is 0 Å². The Hall–Kier alpha value is -3.48. The molecule has 0 N–H and O–H groups in total. The normalized spacial score (nSPS) is 17.8. The SMILES string of the molecule is O=C(C1=NN(Cc2ccccc2)C(=O)CC1)N1CCC(c2nc3ccccc3o2)CC1. The van der Waals surface area contributed by atoms with Crippen LogP contribution in [-0.2, 0) is 16.1 Å². The average molecular weight is 416 g/mol. The van der Waals surface area contributed by atoms with Gasteiger partial charge in [-0.1, -0.05) is 42.5 Å². The number of likely N-dealkylation sites (tertiary alicyclic amines) is 1. The summed E-state index contributed by atoms with van der Waals surface area (Å²) in [5, 5.41) is 5.85. The molecule has 2 aliphatic heterocycles. The van der Waals surface area contributed by atoms with Crippen LogP contribution in [-0.4, -0.2) is 45.5 Å². The standard InChI is InChI=1S/C24H24N4O3/c29-22-11-10-20(26-28(22)16-17-6-2-1-3-7-17)24(30)27-14-12-18(13-15-27)23-25-19-8-4-5-9-21(19)31-23/h1-9,18H,10-16H2. The molecule has 5 rings (SSSR count). The zero-order valence-electron chi connectivity index (χ0n) is 17.2. The van der Waals surface area contributed by atoms with E-state index < -0.39 is 0 Å². The molecule has 0 unspecified atom stereocenters. The summed E-state index contributed by atoms with van der Waals surface area (Å²) in [6, 6.07) is 17.5. The van der Waals surface area contributed by atoms with Crippen LogP contribution in [0.3, 0.4) is 0 Å². The number of carbonyl (C=O) groups excluding carboxylic acids is 2. The molecule has 1 saturated heterocycles. The van der Waals surface area contributed by atoms with Crippen molar-refractivity contribution < 1.29 is 14.0 Å². The van der Waals surface area contributed by atoms with Crippen LogP contribution in [0, 0.1) is 0 Å². The number of para-hydroxylation sites is 2. The number of benzene rings is 2. The van der Waals surface area contributed by atoms with Crippen LogP contribution < -0.4 is 0 Å². The number of rotatable bonds is 4. The summed E-state index contributed by atoms with van der Waals surface area (Å²) in [4.78, 5) is 31.8. The van der Waals surface area contributed by atoms with Crippen molar-refractivity contribution in [2.75, 3.05) is 13.1 Å². The van der Waals surface area contributed by atoms with Crippen molar-refractivity contribution in [3.63, 3.8) is 0 Å². The number of hydrogen-bond donors (Lipinski definition) is 0. The van der Waals surface area contributed by atoms with Crippen molar-refractivity contribution in [1.29, 1.82) is 0 Å². The molecule has 2 aromatic carbocycles.